The molecule has 0 saturated heterocycles. The van der Waals surface area contributed by atoms with Gasteiger partial charge in [0, 0.05) is 45.2 Å². The Morgan fingerprint density at radius 3 is 2.38 bits per heavy atom. The fourth-order valence-corrected chi connectivity index (χ4v) is 2.86. The van der Waals surface area contributed by atoms with E-state index in [1.54, 1.807) is 7.05 Å². The summed E-state index contributed by atoms with van der Waals surface area (Å²) in [6.07, 6.45) is 0. The van der Waals surface area contributed by atoms with Crippen molar-refractivity contribution in [1.29, 1.82) is 0 Å². The summed E-state index contributed by atoms with van der Waals surface area (Å²) in [6, 6.07) is 13.4. The molecule has 3 aromatic rings. The first-order valence-corrected chi connectivity index (χ1v) is 8.92. The number of aliphatic imine (C=N–C) groups is 1. The molecule has 2 aromatic carbocycles. The minimum absolute atomic E-state index is 0. The van der Waals surface area contributed by atoms with E-state index in [1.807, 2.05) is 49.3 Å². The molecule has 2 N–H and O–H groups in total. The molecule has 8 heteroatoms. The predicted octanol–water partition coefficient (Wildman–Crippen LogP) is 4.06. The van der Waals surface area contributed by atoms with Crippen LogP contribution in [0.1, 0.15) is 11.1 Å². The van der Waals surface area contributed by atoms with Gasteiger partial charge >= 0.3 is 0 Å². The molecule has 0 aliphatic heterocycles. The maximum Gasteiger partial charge on any atom is 0.191 e. The second-order valence-corrected chi connectivity index (χ2v) is 6.57. The van der Waals surface area contributed by atoms with Gasteiger partial charge in [-0.2, -0.15) is 0 Å². The largest absolute Gasteiger partial charge is 0.363 e. The lowest BCUT2D eigenvalue weighted by atomic mass is 10.1. The minimum Gasteiger partial charge on any atom is -0.363 e. The van der Waals surface area contributed by atoms with E-state index < -0.39 is 11.6 Å². The number of pyridine rings is 1. The number of rotatable bonds is 5. The van der Waals surface area contributed by atoms with Crippen molar-refractivity contribution in [2.24, 2.45) is 4.99 Å². The maximum absolute atomic E-state index is 13.8. The number of hydrogen-bond acceptors (Lipinski definition) is 3. The summed E-state index contributed by atoms with van der Waals surface area (Å²) in [6.45, 7) is 0.637. The van der Waals surface area contributed by atoms with Gasteiger partial charge < -0.3 is 15.5 Å². The van der Waals surface area contributed by atoms with Gasteiger partial charge in [-0.05, 0) is 35.9 Å². The van der Waals surface area contributed by atoms with Gasteiger partial charge in [0.25, 0.3) is 0 Å². The molecule has 29 heavy (non-hydrogen) atoms. The predicted molar refractivity (Wildman–Crippen MR) is 125 cm³/mol. The van der Waals surface area contributed by atoms with Gasteiger partial charge in [0.2, 0.25) is 0 Å². The van der Waals surface area contributed by atoms with Gasteiger partial charge in [-0.3, -0.25) is 4.99 Å². The number of hydrogen-bond donors (Lipinski definition) is 2. The summed E-state index contributed by atoms with van der Waals surface area (Å²) in [4.78, 5) is 10.8. The highest BCUT2D eigenvalue weighted by atomic mass is 127. The molecular formula is C21H24F2IN5. The van der Waals surface area contributed by atoms with Gasteiger partial charge in [0.1, 0.15) is 17.5 Å². The first kappa shape index (κ1) is 22.8. The maximum atomic E-state index is 13.8. The zero-order chi connectivity index (χ0) is 20.1. The molecule has 5 nitrogen and oxygen atoms in total. The van der Waals surface area contributed by atoms with E-state index in [1.165, 1.54) is 6.07 Å². The normalized spacial score (nSPS) is 11.1. The second-order valence-electron chi connectivity index (χ2n) is 6.57. The third-order valence-electron chi connectivity index (χ3n) is 4.37. The molecule has 0 bridgehead atoms. The van der Waals surface area contributed by atoms with Crippen LogP contribution >= 0.6 is 24.0 Å². The second kappa shape index (κ2) is 10.3. The molecule has 1 heterocycles. The van der Waals surface area contributed by atoms with E-state index in [9.17, 15) is 8.78 Å². The highest BCUT2D eigenvalue weighted by Crippen LogP contribution is 2.22. The van der Waals surface area contributed by atoms with Crippen LogP contribution < -0.4 is 15.5 Å². The average molecular weight is 511 g/mol. The summed E-state index contributed by atoms with van der Waals surface area (Å²) in [7, 11) is 5.53. The monoisotopic (exact) mass is 511 g/mol. The Bertz CT molecular complexity index is 1010. The van der Waals surface area contributed by atoms with E-state index in [0.29, 0.717) is 12.5 Å². The molecule has 154 valence electrons. The molecule has 0 fully saturated rings. The average Bonchev–Trinajstić information content (AvgIpc) is 2.70. The Balaban J connectivity index is 0.00000300. The molecule has 0 spiro atoms. The van der Waals surface area contributed by atoms with Crippen LogP contribution in [0.15, 0.2) is 53.5 Å². The Hall–Kier alpha value is -2.49. The highest BCUT2D eigenvalue weighted by molar-refractivity contribution is 14.0. The molecule has 0 radical (unpaired) electrons. The topological polar surface area (TPSA) is 52.6 Å². The van der Waals surface area contributed by atoms with Crippen LogP contribution in [-0.2, 0) is 13.1 Å². The van der Waals surface area contributed by atoms with E-state index in [0.717, 1.165) is 34.4 Å². The van der Waals surface area contributed by atoms with Crippen molar-refractivity contribution >= 4 is 46.7 Å². The van der Waals surface area contributed by atoms with Crippen molar-refractivity contribution in [3.63, 3.8) is 0 Å². The zero-order valence-corrected chi connectivity index (χ0v) is 18.9. The Morgan fingerprint density at radius 2 is 1.69 bits per heavy atom. The van der Waals surface area contributed by atoms with E-state index >= 15 is 0 Å². The van der Waals surface area contributed by atoms with Crippen LogP contribution in [0, 0.1) is 11.6 Å². The van der Waals surface area contributed by atoms with Crippen molar-refractivity contribution in [3.05, 3.63) is 71.3 Å². The van der Waals surface area contributed by atoms with Crippen LogP contribution in [0.3, 0.4) is 0 Å². The minimum atomic E-state index is -0.472. The molecule has 0 aliphatic carbocycles. The number of nitrogens with zero attached hydrogens (tertiary/aromatic N) is 3. The Labute approximate surface area is 186 Å². The van der Waals surface area contributed by atoms with Crippen LogP contribution in [-0.4, -0.2) is 32.1 Å². The molecule has 1 aromatic heterocycles. The molecule has 0 saturated carbocycles. The number of guanidine groups is 1. The third kappa shape index (κ3) is 5.75. The standard InChI is InChI=1S/C21H23F2N5.HI/c1-24-21(26-13-15-10-16(22)8-9-18(15)23)25-12-14-11-20(28(2)3)27-19-7-5-4-6-17(14)19;/h4-11H,12-13H2,1-3H3,(H2,24,25,26);1H. The van der Waals surface area contributed by atoms with Crippen LogP contribution in [0.5, 0.6) is 0 Å². The number of benzene rings is 2. The van der Waals surface area contributed by atoms with Crippen molar-refractivity contribution < 1.29 is 8.78 Å². The van der Waals surface area contributed by atoms with Gasteiger partial charge in [-0.25, -0.2) is 13.8 Å². The van der Waals surface area contributed by atoms with Crippen molar-refractivity contribution in [2.75, 3.05) is 26.0 Å². The number of fused-ring (bicyclic) bond motifs is 1. The summed E-state index contributed by atoms with van der Waals surface area (Å²) in [5.41, 5.74) is 2.22. The lowest BCUT2D eigenvalue weighted by Crippen LogP contribution is -2.36. The van der Waals surface area contributed by atoms with Gasteiger partial charge in [-0.15, -0.1) is 24.0 Å². The summed E-state index contributed by atoms with van der Waals surface area (Å²) < 4.78 is 27.1. The molecule has 0 aliphatic rings. The smallest absolute Gasteiger partial charge is 0.191 e. The highest BCUT2D eigenvalue weighted by Gasteiger charge is 2.09. The number of anilines is 1. The summed E-state index contributed by atoms with van der Waals surface area (Å²) in [5, 5.41) is 7.29. The first-order chi connectivity index (χ1) is 13.5. The Morgan fingerprint density at radius 1 is 1.00 bits per heavy atom. The SMILES string of the molecule is CN=C(NCc1cc(F)ccc1F)NCc1cc(N(C)C)nc2ccccc12.I. The van der Waals surface area contributed by atoms with Crippen LogP contribution in [0.4, 0.5) is 14.6 Å². The van der Waals surface area contributed by atoms with Gasteiger partial charge in [0.15, 0.2) is 5.96 Å². The van der Waals surface area contributed by atoms with E-state index in [-0.39, 0.29) is 36.1 Å². The zero-order valence-electron chi connectivity index (χ0n) is 16.5. The number of aromatic nitrogens is 1. The number of nitrogens with one attached hydrogen (secondary N) is 2. The van der Waals surface area contributed by atoms with E-state index in [2.05, 4.69) is 20.6 Å². The van der Waals surface area contributed by atoms with Crippen LogP contribution in [0.2, 0.25) is 0 Å². The molecular weight excluding hydrogens is 487 g/mol. The number of para-hydroxylation sites is 1. The summed E-state index contributed by atoms with van der Waals surface area (Å²) in [5.74, 6) is 0.428. The van der Waals surface area contributed by atoms with Gasteiger partial charge in [-0.1, -0.05) is 18.2 Å². The molecule has 3 rings (SSSR count). The van der Waals surface area contributed by atoms with Gasteiger partial charge in [0.05, 0.1) is 5.52 Å². The van der Waals surface area contributed by atoms with Crippen molar-refractivity contribution in [3.8, 4) is 0 Å². The number of halogens is 3. The van der Waals surface area contributed by atoms with E-state index in [4.69, 9.17) is 0 Å². The quantitative estimate of drug-likeness (QED) is 0.308. The van der Waals surface area contributed by atoms with Crippen LogP contribution in [0.25, 0.3) is 10.9 Å². The van der Waals surface area contributed by atoms with Crippen molar-refractivity contribution in [2.45, 2.75) is 13.1 Å². The molecule has 0 atom stereocenters. The Kier molecular flexibility index (Phi) is 8.12. The lowest BCUT2D eigenvalue weighted by Gasteiger charge is -2.17. The fourth-order valence-electron chi connectivity index (χ4n) is 2.86. The first-order valence-electron chi connectivity index (χ1n) is 8.92. The summed E-state index contributed by atoms with van der Waals surface area (Å²) >= 11 is 0. The lowest BCUT2D eigenvalue weighted by molar-refractivity contribution is 0.581. The molecule has 0 unspecified atom stereocenters. The molecule has 0 amide bonds. The van der Waals surface area contributed by atoms with Crippen molar-refractivity contribution in [1.82, 2.24) is 15.6 Å². The third-order valence-corrected chi connectivity index (χ3v) is 4.37. The fraction of sp³-hybridized carbons (Fsp3) is 0.238.